The van der Waals surface area contributed by atoms with Gasteiger partial charge < -0.3 is 19.5 Å². The molecule has 0 aromatic heterocycles. The Balaban J connectivity index is 1.24. The maximum absolute atomic E-state index is 13.1. The molecule has 4 aliphatic carbocycles. The summed E-state index contributed by atoms with van der Waals surface area (Å²) in [7, 11) is 0. The molecule has 1 aromatic rings. The molecule has 4 bridgehead atoms. The van der Waals surface area contributed by atoms with Crippen molar-refractivity contribution in [3.8, 4) is 11.5 Å². The predicted molar refractivity (Wildman–Crippen MR) is 107 cm³/mol. The molecule has 4 fully saturated rings. The van der Waals surface area contributed by atoms with Gasteiger partial charge in [0, 0.05) is 16.6 Å². The van der Waals surface area contributed by atoms with Crippen LogP contribution in [-0.2, 0) is 14.3 Å². The van der Waals surface area contributed by atoms with Crippen LogP contribution in [0.3, 0.4) is 0 Å². The lowest BCUT2D eigenvalue weighted by Crippen LogP contribution is -2.57. The van der Waals surface area contributed by atoms with E-state index in [0.29, 0.717) is 48.7 Å². The zero-order valence-corrected chi connectivity index (χ0v) is 17.3. The van der Waals surface area contributed by atoms with E-state index in [9.17, 15) is 9.59 Å². The fraction of sp³-hybridized carbons (Fsp3) is 0.636. The third kappa shape index (κ3) is 3.45. The van der Waals surface area contributed by atoms with Crippen LogP contribution in [0.2, 0.25) is 0 Å². The summed E-state index contributed by atoms with van der Waals surface area (Å²) in [6, 6.07) is 5.23. The number of benzene rings is 1. The molecule has 1 heterocycles. The minimum Gasteiger partial charge on any atom is -0.486 e. The molecule has 6 rings (SSSR count). The zero-order chi connectivity index (χ0) is 20.2. The van der Waals surface area contributed by atoms with Crippen molar-refractivity contribution in [2.75, 3.05) is 18.5 Å². The fourth-order valence-electron chi connectivity index (χ4n) is 6.09. The van der Waals surface area contributed by atoms with E-state index >= 15 is 0 Å². The lowest BCUT2D eigenvalue weighted by atomic mass is 9.49. The van der Waals surface area contributed by atoms with Gasteiger partial charge in [-0.25, -0.2) is 0 Å². The van der Waals surface area contributed by atoms with Crippen LogP contribution in [-0.4, -0.2) is 36.1 Å². The predicted octanol–water partition coefficient (Wildman–Crippen LogP) is 3.91. The maximum atomic E-state index is 13.1. The maximum Gasteiger partial charge on any atom is 0.312 e. The quantitative estimate of drug-likeness (QED) is 0.591. The van der Waals surface area contributed by atoms with E-state index in [0.717, 1.165) is 25.7 Å². The van der Waals surface area contributed by atoms with E-state index < -0.39 is 11.5 Å². The Bertz CT molecular complexity index is 842. The molecule has 5 aliphatic rings. The van der Waals surface area contributed by atoms with Crippen LogP contribution in [0.15, 0.2) is 18.2 Å². The van der Waals surface area contributed by atoms with Crippen molar-refractivity contribution in [2.24, 2.45) is 17.3 Å². The third-order valence-corrected chi connectivity index (χ3v) is 7.33. The number of anilines is 1. The van der Waals surface area contributed by atoms with Gasteiger partial charge in [0.25, 0.3) is 5.91 Å². The zero-order valence-electron chi connectivity index (χ0n) is 16.5. The number of ether oxygens (including phenoxy) is 3. The van der Waals surface area contributed by atoms with E-state index in [2.05, 4.69) is 5.32 Å². The molecule has 0 spiro atoms. The second-order valence-corrected chi connectivity index (χ2v) is 10.1. The molecule has 156 valence electrons. The van der Waals surface area contributed by atoms with Gasteiger partial charge in [0.2, 0.25) is 0 Å². The number of hydrogen-bond acceptors (Lipinski definition) is 5. The average Bonchev–Trinajstić information content (AvgIpc) is 2.66. The smallest absolute Gasteiger partial charge is 0.312 e. The summed E-state index contributed by atoms with van der Waals surface area (Å²) >= 11 is 6.82. The minimum absolute atomic E-state index is 0.263. The number of fused-ring (bicyclic) bond motifs is 1. The van der Waals surface area contributed by atoms with Gasteiger partial charge in [-0.05, 0) is 69.4 Å². The van der Waals surface area contributed by atoms with Crippen molar-refractivity contribution in [2.45, 2.75) is 56.4 Å². The van der Waals surface area contributed by atoms with Gasteiger partial charge in [-0.3, -0.25) is 9.59 Å². The Morgan fingerprint density at radius 3 is 2.52 bits per heavy atom. The number of halogens is 1. The van der Waals surface area contributed by atoms with Gasteiger partial charge in [0.1, 0.15) is 13.2 Å². The standard InChI is InChI=1S/C22H26ClNO5/c1-13(19(25)24-16-2-3-17-18(7-16)28-5-4-27-17)29-20(26)21-8-14-6-15(9-21)11-22(23,10-14)12-21/h2-3,7,13-15H,4-6,8-12H2,1H3,(H,24,25)/t13-,14+,15+,21?,22?/m0/s1. The highest BCUT2D eigenvalue weighted by Crippen LogP contribution is 2.64. The van der Waals surface area contributed by atoms with E-state index in [1.165, 1.54) is 6.42 Å². The largest absolute Gasteiger partial charge is 0.486 e. The van der Waals surface area contributed by atoms with Crippen LogP contribution < -0.4 is 14.8 Å². The summed E-state index contributed by atoms with van der Waals surface area (Å²) in [5.74, 6) is 1.64. The summed E-state index contributed by atoms with van der Waals surface area (Å²) < 4.78 is 16.7. The Morgan fingerprint density at radius 2 is 1.83 bits per heavy atom. The van der Waals surface area contributed by atoms with E-state index in [4.69, 9.17) is 25.8 Å². The lowest BCUT2D eigenvalue weighted by Gasteiger charge is -2.58. The second-order valence-electron chi connectivity index (χ2n) is 9.29. The van der Waals surface area contributed by atoms with Crippen molar-refractivity contribution < 1.29 is 23.8 Å². The monoisotopic (exact) mass is 419 g/mol. The van der Waals surface area contributed by atoms with Crippen LogP contribution >= 0.6 is 11.6 Å². The molecule has 0 radical (unpaired) electrons. The number of rotatable bonds is 4. The van der Waals surface area contributed by atoms with Gasteiger partial charge in [-0.2, -0.15) is 0 Å². The summed E-state index contributed by atoms with van der Waals surface area (Å²) in [5.41, 5.74) is 0.0637. The molecule has 3 atom stereocenters. The van der Waals surface area contributed by atoms with Crippen LogP contribution in [0, 0.1) is 17.3 Å². The van der Waals surface area contributed by atoms with Crippen molar-refractivity contribution in [1.82, 2.24) is 0 Å². The number of carbonyl (C=O) groups excluding carboxylic acids is 2. The first-order valence-electron chi connectivity index (χ1n) is 10.4. The van der Waals surface area contributed by atoms with Gasteiger partial charge in [0.15, 0.2) is 17.6 Å². The highest BCUT2D eigenvalue weighted by atomic mass is 35.5. The van der Waals surface area contributed by atoms with Crippen molar-refractivity contribution >= 4 is 29.2 Å². The lowest BCUT2D eigenvalue weighted by molar-refractivity contribution is -0.176. The molecule has 1 N–H and O–H groups in total. The number of esters is 1. The molecule has 1 aromatic carbocycles. The average molecular weight is 420 g/mol. The summed E-state index contributed by atoms with van der Waals surface area (Å²) in [4.78, 5) is 25.5. The molecule has 7 heteroatoms. The molecule has 1 amide bonds. The number of carbonyl (C=O) groups is 2. The second kappa shape index (κ2) is 6.79. The van der Waals surface area contributed by atoms with Crippen molar-refractivity contribution in [3.63, 3.8) is 0 Å². The first-order chi connectivity index (χ1) is 13.8. The highest BCUT2D eigenvalue weighted by molar-refractivity contribution is 6.24. The first-order valence-corrected chi connectivity index (χ1v) is 10.8. The fourth-order valence-corrected chi connectivity index (χ4v) is 6.79. The third-order valence-electron chi connectivity index (χ3n) is 6.89. The van der Waals surface area contributed by atoms with Crippen LogP contribution in [0.25, 0.3) is 0 Å². The molecular formula is C22H26ClNO5. The Kier molecular flexibility index (Phi) is 4.46. The minimum atomic E-state index is -0.880. The van der Waals surface area contributed by atoms with Gasteiger partial charge in [-0.15, -0.1) is 11.6 Å². The Morgan fingerprint density at radius 1 is 1.14 bits per heavy atom. The Hall–Kier alpha value is -1.95. The first kappa shape index (κ1) is 19.0. The van der Waals surface area contributed by atoms with Gasteiger partial charge in [-0.1, -0.05) is 0 Å². The summed E-state index contributed by atoms with van der Waals surface area (Å²) in [6.45, 7) is 2.60. The van der Waals surface area contributed by atoms with E-state index in [1.807, 2.05) is 0 Å². The molecular weight excluding hydrogens is 394 g/mol. The molecule has 4 saturated carbocycles. The topological polar surface area (TPSA) is 73.9 Å². The van der Waals surface area contributed by atoms with E-state index in [1.54, 1.807) is 25.1 Å². The molecule has 0 unspecified atom stereocenters. The van der Waals surface area contributed by atoms with E-state index in [-0.39, 0.29) is 16.8 Å². The van der Waals surface area contributed by atoms with Crippen LogP contribution in [0.4, 0.5) is 5.69 Å². The normalized spacial score (nSPS) is 35.1. The van der Waals surface area contributed by atoms with Gasteiger partial charge >= 0.3 is 5.97 Å². The van der Waals surface area contributed by atoms with Crippen LogP contribution in [0.5, 0.6) is 11.5 Å². The molecule has 6 nitrogen and oxygen atoms in total. The van der Waals surface area contributed by atoms with Crippen molar-refractivity contribution in [3.05, 3.63) is 18.2 Å². The highest BCUT2D eigenvalue weighted by Gasteiger charge is 2.61. The SMILES string of the molecule is C[C@H](OC(=O)C12C[C@H]3C[C@@H](CC(Cl)(C3)C1)C2)C(=O)Nc1ccc2c(c1)OCCO2. The number of hydrogen-bond donors (Lipinski definition) is 1. The van der Waals surface area contributed by atoms with Crippen molar-refractivity contribution in [1.29, 1.82) is 0 Å². The number of amides is 1. The molecule has 0 saturated heterocycles. The van der Waals surface area contributed by atoms with Crippen LogP contribution in [0.1, 0.15) is 45.4 Å². The molecule has 29 heavy (non-hydrogen) atoms. The number of alkyl halides is 1. The summed E-state index contributed by atoms with van der Waals surface area (Å²) in [5, 5.41) is 2.80. The van der Waals surface area contributed by atoms with Gasteiger partial charge in [0.05, 0.1) is 5.41 Å². The Labute approximate surface area is 175 Å². The summed E-state index contributed by atoms with van der Waals surface area (Å²) in [6.07, 6.45) is 4.64. The molecule has 1 aliphatic heterocycles. The number of nitrogens with one attached hydrogen (secondary N) is 1.